The van der Waals surface area contributed by atoms with Gasteiger partial charge in [0.1, 0.15) is 0 Å². The van der Waals surface area contributed by atoms with Gasteiger partial charge in [-0.1, -0.05) is 24.3 Å². The Bertz CT molecular complexity index is 836. The van der Waals surface area contributed by atoms with Crippen molar-refractivity contribution in [1.82, 2.24) is 9.80 Å². The minimum absolute atomic E-state index is 0.0506. The number of benzene rings is 2. The van der Waals surface area contributed by atoms with Crippen LogP contribution < -0.4 is 10.1 Å². The lowest BCUT2D eigenvalue weighted by molar-refractivity contribution is -0.133. The molecule has 6 nitrogen and oxygen atoms in total. The van der Waals surface area contributed by atoms with Crippen LogP contribution in [0.2, 0.25) is 0 Å². The van der Waals surface area contributed by atoms with Crippen LogP contribution in [0.5, 0.6) is 5.75 Å². The molecule has 0 aliphatic carbocycles. The molecule has 29 heavy (non-hydrogen) atoms. The molecule has 1 saturated heterocycles. The average Bonchev–Trinajstić information content (AvgIpc) is 2.73. The highest BCUT2D eigenvalue weighted by Crippen LogP contribution is 2.19. The predicted molar refractivity (Wildman–Crippen MR) is 109 cm³/mol. The molecule has 1 N–H and O–H groups in total. The Morgan fingerprint density at radius 3 is 2.45 bits per heavy atom. The zero-order valence-corrected chi connectivity index (χ0v) is 16.6. The van der Waals surface area contributed by atoms with Crippen LogP contribution in [0.15, 0.2) is 48.5 Å². The summed E-state index contributed by atoms with van der Waals surface area (Å²) in [6.07, 6.45) is 0.819. The largest absolute Gasteiger partial charge is 0.494 e. The van der Waals surface area contributed by atoms with Crippen molar-refractivity contribution < 1.29 is 18.7 Å². The molecule has 0 aromatic heterocycles. The van der Waals surface area contributed by atoms with Crippen LogP contribution in [-0.4, -0.2) is 61.4 Å². The number of nitrogens with one attached hydrogen (secondary N) is 1. The lowest BCUT2D eigenvalue weighted by Crippen LogP contribution is -2.50. The number of hydrogen-bond acceptors (Lipinski definition) is 4. The summed E-state index contributed by atoms with van der Waals surface area (Å²) in [5, 5.41) is 2.87. The van der Waals surface area contributed by atoms with E-state index in [1.807, 2.05) is 40.1 Å². The van der Waals surface area contributed by atoms with Gasteiger partial charge in [0.15, 0.2) is 11.6 Å². The van der Waals surface area contributed by atoms with Gasteiger partial charge in [0, 0.05) is 38.3 Å². The third kappa shape index (κ3) is 6.02. The molecule has 1 heterocycles. The number of carbonyl (C=O) groups excluding carboxylic acids is 2. The van der Waals surface area contributed by atoms with Gasteiger partial charge >= 0.3 is 0 Å². The Morgan fingerprint density at radius 1 is 1.07 bits per heavy atom. The maximum absolute atomic E-state index is 13.8. The third-order valence-electron chi connectivity index (χ3n) is 4.99. The first-order valence-electron chi connectivity index (χ1n) is 9.72. The van der Waals surface area contributed by atoms with Crippen LogP contribution in [0.4, 0.5) is 10.1 Å². The molecule has 0 saturated carbocycles. The lowest BCUT2D eigenvalue weighted by atomic mass is 10.1. The maximum atomic E-state index is 13.8. The smallest absolute Gasteiger partial charge is 0.238 e. The molecule has 3 rings (SSSR count). The molecule has 1 aliphatic heterocycles. The predicted octanol–water partition coefficient (Wildman–Crippen LogP) is 2.55. The minimum atomic E-state index is -0.417. The molecule has 0 spiro atoms. The van der Waals surface area contributed by atoms with Gasteiger partial charge in [0.2, 0.25) is 11.8 Å². The molecule has 1 fully saturated rings. The van der Waals surface area contributed by atoms with Gasteiger partial charge in [-0.25, -0.2) is 4.39 Å². The highest BCUT2D eigenvalue weighted by atomic mass is 19.1. The number of para-hydroxylation sites is 1. The van der Waals surface area contributed by atoms with E-state index in [2.05, 4.69) is 5.32 Å². The van der Waals surface area contributed by atoms with Gasteiger partial charge in [-0.3, -0.25) is 14.5 Å². The summed E-state index contributed by atoms with van der Waals surface area (Å²) in [7, 11) is 1.42. The summed E-state index contributed by atoms with van der Waals surface area (Å²) >= 11 is 0. The molecule has 0 atom stereocenters. The Kier molecular flexibility index (Phi) is 7.19. The topological polar surface area (TPSA) is 61.9 Å². The van der Waals surface area contributed by atoms with E-state index in [-0.39, 0.29) is 17.6 Å². The zero-order chi connectivity index (χ0) is 20.6. The molecular weight excluding hydrogens is 373 g/mol. The summed E-state index contributed by atoms with van der Waals surface area (Å²) in [6, 6.07) is 14.1. The van der Waals surface area contributed by atoms with Crippen LogP contribution >= 0.6 is 0 Å². The fraction of sp³-hybridized carbons (Fsp3) is 0.364. The Labute approximate surface area is 170 Å². The molecule has 0 unspecified atom stereocenters. The van der Waals surface area contributed by atoms with E-state index in [0.29, 0.717) is 45.6 Å². The van der Waals surface area contributed by atoms with Gasteiger partial charge in [0.25, 0.3) is 0 Å². The molecule has 0 radical (unpaired) electrons. The number of carbonyl (C=O) groups is 2. The number of hydrogen-bond donors (Lipinski definition) is 1. The van der Waals surface area contributed by atoms with Crippen molar-refractivity contribution in [2.75, 3.05) is 45.2 Å². The van der Waals surface area contributed by atoms with E-state index in [1.54, 1.807) is 12.1 Å². The van der Waals surface area contributed by atoms with Gasteiger partial charge < -0.3 is 15.0 Å². The second-order valence-electron chi connectivity index (χ2n) is 7.04. The second kappa shape index (κ2) is 10.0. The van der Waals surface area contributed by atoms with Crippen molar-refractivity contribution in [3.63, 3.8) is 0 Å². The number of piperazine rings is 1. The monoisotopic (exact) mass is 399 g/mol. The van der Waals surface area contributed by atoms with E-state index in [9.17, 15) is 14.0 Å². The molecule has 0 bridgehead atoms. The molecule has 2 amide bonds. The Balaban J connectivity index is 1.40. The van der Waals surface area contributed by atoms with Gasteiger partial charge in [-0.05, 0) is 36.2 Å². The second-order valence-corrected chi connectivity index (χ2v) is 7.04. The van der Waals surface area contributed by atoms with Crippen molar-refractivity contribution >= 4 is 17.5 Å². The summed E-state index contributed by atoms with van der Waals surface area (Å²) in [6.45, 7) is 2.81. The van der Waals surface area contributed by atoms with Gasteiger partial charge in [-0.2, -0.15) is 0 Å². The van der Waals surface area contributed by atoms with Gasteiger partial charge in [0.05, 0.1) is 13.7 Å². The Morgan fingerprint density at radius 2 is 1.79 bits per heavy atom. The number of nitrogens with zero attached hydrogens (tertiary/aromatic N) is 2. The van der Waals surface area contributed by atoms with E-state index < -0.39 is 5.82 Å². The summed E-state index contributed by atoms with van der Waals surface area (Å²) in [5.74, 6) is -0.223. The van der Waals surface area contributed by atoms with Crippen molar-refractivity contribution in [2.24, 2.45) is 0 Å². The lowest BCUT2D eigenvalue weighted by Gasteiger charge is -2.34. The van der Waals surface area contributed by atoms with Gasteiger partial charge in [-0.15, -0.1) is 0 Å². The van der Waals surface area contributed by atoms with E-state index >= 15 is 0 Å². The molecule has 2 aromatic rings. The maximum Gasteiger partial charge on any atom is 0.238 e. The molecule has 2 aromatic carbocycles. The summed E-state index contributed by atoms with van der Waals surface area (Å²) in [5.41, 5.74) is 1.55. The molecule has 7 heteroatoms. The van der Waals surface area contributed by atoms with Crippen molar-refractivity contribution in [3.05, 3.63) is 59.9 Å². The third-order valence-corrected chi connectivity index (χ3v) is 4.99. The van der Waals surface area contributed by atoms with Crippen LogP contribution in [0.25, 0.3) is 0 Å². The molecule has 154 valence electrons. The number of halogens is 1. The highest BCUT2D eigenvalue weighted by Gasteiger charge is 2.22. The van der Waals surface area contributed by atoms with E-state index in [0.717, 1.165) is 11.3 Å². The first-order valence-corrected chi connectivity index (χ1v) is 9.72. The number of ether oxygens (including phenoxy) is 1. The standard InChI is InChI=1S/C22H26FN3O3/c1-29-20-9-7-17(15-19(20)23)8-10-22(28)26-13-11-25(12-14-26)16-21(27)24-18-5-3-2-4-6-18/h2-7,9,15H,8,10-14,16H2,1H3,(H,24,27). The number of aryl methyl sites for hydroxylation is 1. The highest BCUT2D eigenvalue weighted by molar-refractivity contribution is 5.92. The van der Waals surface area contributed by atoms with E-state index in [1.165, 1.54) is 13.2 Å². The summed E-state index contributed by atoms with van der Waals surface area (Å²) in [4.78, 5) is 28.5. The number of amides is 2. The fourth-order valence-corrected chi connectivity index (χ4v) is 3.36. The molecule has 1 aliphatic rings. The van der Waals surface area contributed by atoms with E-state index in [4.69, 9.17) is 4.74 Å². The minimum Gasteiger partial charge on any atom is -0.494 e. The van der Waals surface area contributed by atoms with Crippen molar-refractivity contribution in [1.29, 1.82) is 0 Å². The first kappa shape index (κ1) is 20.8. The first-order chi connectivity index (χ1) is 14.0. The SMILES string of the molecule is COc1ccc(CCC(=O)N2CCN(CC(=O)Nc3ccccc3)CC2)cc1F. The number of rotatable bonds is 7. The Hall–Kier alpha value is -2.93. The fourth-order valence-electron chi connectivity index (χ4n) is 3.36. The van der Waals surface area contributed by atoms with Crippen LogP contribution in [0, 0.1) is 5.82 Å². The number of anilines is 1. The zero-order valence-electron chi connectivity index (χ0n) is 16.6. The van der Waals surface area contributed by atoms with Crippen molar-refractivity contribution in [2.45, 2.75) is 12.8 Å². The normalized spacial score (nSPS) is 14.5. The van der Waals surface area contributed by atoms with Crippen LogP contribution in [0.3, 0.4) is 0 Å². The average molecular weight is 399 g/mol. The van der Waals surface area contributed by atoms with Crippen LogP contribution in [0.1, 0.15) is 12.0 Å². The quantitative estimate of drug-likeness (QED) is 0.777. The molecular formula is C22H26FN3O3. The summed E-state index contributed by atoms with van der Waals surface area (Å²) < 4.78 is 18.7. The van der Waals surface area contributed by atoms with Crippen molar-refractivity contribution in [3.8, 4) is 5.75 Å². The van der Waals surface area contributed by atoms with Crippen LogP contribution in [-0.2, 0) is 16.0 Å². The number of methoxy groups -OCH3 is 1.